The molecular formula is C19H29N3O2. The molecule has 1 aromatic carbocycles. The summed E-state index contributed by atoms with van der Waals surface area (Å²) < 4.78 is 5.39. The van der Waals surface area contributed by atoms with E-state index in [4.69, 9.17) is 4.74 Å². The fourth-order valence-corrected chi connectivity index (χ4v) is 3.54. The van der Waals surface area contributed by atoms with Crippen LogP contribution < -0.4 is 10.2 Å². The number of benzene rings is 1. The van der Waals surface area contributed by atoms with Crippen molar-refractivity contribution in [3.63, 3.8) is 0 Å². The summed E-state index contributed by atoms with van der Waals surface area (Å²) in [6, 6.07) is 8.54. The molecule has 132 valence electrons. The highest BCUT2D eigenvalue weighted by Gasteiger charge is 2.21. The second-order valence-corrected chi connectivity index (χ2v) is 7.07. The van der Waals surface area contributed by atoms with Crippen molar-refractivity contribution in [2.24, 2.45) is 5.92 Å². The summed E-state index contributed by atoms with van der Waals surface area (Å²) in [5, 5.41) is 3.12. The number of urea groups is 1. The topological polar surface area (TPSA) is 44.8 Å². The molecule has 2 aliphatic heterocycles. The smallest absolute Gasteiger partial charge is 0.317 e. The van der Waals surface area contributed by atoms with Gasteiger partial charge in [0.25, 0.3) is 0 Å². The van der Waals surface area contributed by atoms with E-state index in [2.05, 4.69) is 34.5 Å². The third-order valence-electron chi connectivity index (χ3n) is 5.08. The lowest BCUT2D eigenvalue weighted by Gasteiger charge is -2.24. The summed E-state index contributed by atoms with van der Waals surface area (Å²) >= 11 is 0. The molecule has 0 bridgehead atoms. The van der Waals surface area contributed by atoms with Gasteiger partial charge in [-0.05, 0) is 43.9 Å². The third kappa shape index (κ3) is 4.20. The van der Waals surface area contributed by atoms with Gasteiger partial charge in [-0.1, -0.05) is 12.1 Å². The molecule has 5 nitrogen and oxygen atoms in total. The van der Waals surface area contributed by atoms with Crippen molar-refractivity contribution < 1.29 is 9.53 Å². The molecule has 0 unspecified atom stereocenters. The first-order valence-electron chi connectivity index (χ1n) is 9.08. The maximum absolute atomic E-state index is 12.4. The minimum Gasteiger partial charge on any atom is -0.381 e. The van der Waals surface area contributed by atoms with E-state index in [0.717, 1.165) is 44.8 Å². The maximum atomic E-state index is 12.4. The highest BCUT2D eigenvalue weighted by atomic mass is 16.5. The van der Waals surface area contributed by atoms with E-state index in [-0.39, 0.29) is 12.1 Å². The molecule has 0 aromatic heterocycles. The first-order chi connectivity index (χ1) is 11.6. The molecule has 0 aliphatic carbocycles. The van der Waals surface area contributed by atoms with Crippen molar-refractivity contribution in [3.05, 3.63) is 29.8 Å². The zero-order valence-electron chi connectivity index (χ0n) is 14.8. The molecule has 5 heteroatoms. The van der Waals surface area contributed by atoms with Crippen molar-refractivity contribution in [3.8, 4) is 0 Å². The predicted octanol–water partition coefficient (Wildman–Crippen LogP) is 3.03. The van der Waals surface area contributed by atoms with Gasteiger partial charge in [0.1, 0.15) is 0 Å². The molecule has 1 aromatic rings. The number of anilines is 1. The fraction of sp³-hybridized carbons (Fsp3) is 0.632. The average Bonchev–Trinajstić information content (AvgIpc) is 3.28. The molecular weight excluding hydrogens is 302 g/mol. The molecule has 3 rings (SSSR count). The van der Waals surface area contributed by atoms with Crippen molar-refractivity contribution in [1.82, 2.24) is 10.2 Å². The summed E-state index contributed by atoms with van der Waals surface area (Å²) in [6.45, 7) is 6.66. The van der Waals surface area contributed by atoms with Gasteiger partial charge in [0.15, 0.2) is 0 Å². The van der Waals surface area contributed by atoms with E-state index in [1.54, 1.807) is 4.90 Å². The number of amides is 2. The lowest BCUT2D eigenvalue weighted by molar-refractivity contribution is 0.170. The molecule has 2 fully saturated rings. The summed E-state index contributed by atoms with van der Waals surface area (Å²) in [5.41, 5.74) is 2.42. The Morgan fingerprint density at radius 3 is 2.92 bits per heavy atom. The highest BCUT2D eigenvalue weighted by molar-refractivity contribution is 5.74. The Morgan fingerprint density at radius 1 is 1.42 bits per heavy atom. The van der Waals surface area contributed by atoms with E-state index < -0.39 is 0 Å². The van der Waals surface area contributed by atoms with Crippen molar-refractivity contribution in [2.75, 3.05) is 44.8 Å². The standard InChI is InChI=1S/C19H29N3O2/c1-15(20-19(23)21(2)13-16-8-11-24-14-16)17-6-5-7-18(12-17)22-9-3-4-10-22/h5-7,12,15-16H,3-4,8-11,13-14H2,1-2H3,(H,20,23)/t15-,16-/m1/s1. The van der Waals surface area contributed by atoms with Crippen LogP contribution in [0.25, 0.3) is 0 Å². The van der Waals surface area contributed by atoms with Crippen LogP contribution >= 0.6 is 0 Å². The van der Waals surface area contributed by atoms with E-state index in [9.17, 15) is 4.79 Å². The van der Waals surface area contributed by atoms with Gasteiger partial charge in [-0.3, -0.25) is 0 Å². The molecule has 2 atom stereocenters. The normalized spacial score (nSPS) is 21.8. The monoisotopic (exact) mass is 331 g/mol. The van der Waals surface area contributed by atoms with Crippen LogP contribution in [0.3, 0.4) is 0 Å². The first-order valence-corrected chi connectivity index (χ1v) is 9.08. The van der Waals surface area contributed by atoms with Gasteiger partial charge in [-0.2, -0.15) is 0 Å². The first kappa shape index (κ1) is 17.1. The molecule has 0 radical (unpaired) electrons. The Labute approximate surface area is 145 Å². The molecule has 1 N–H and O–H groups in total. The third-order valence-corrected chi connectivity index (χ3v) is 5.08. The molecule has 0 spiro atoms. The second kappa shape index (κ2) is 7.88. The SMILES string of the molecule is C[C@@H](NC(=O)N(C)C[C@H]1CCOC1)c1cccc(N2CCCC2)c1. The van der Waals surface area contributed by atoms with Crippen LogP contribution in [0.1, 0.15) is 37.8 Å². The largest absolute Gasteiger partial charge is 0.381 e. The number of hydrogen-bond donors (Lipinski definition) is 1. The Morgan fingerprint density at radius 2 is 2.21 bits per heavy atom. The zero-order chi connectivity index (χ0) is 16.9. The van der Waals surface area contributed by atoms with Crippen molar-refractivity contribution >= 4 is 11.7 Å². The number of nitrogens with zero attached hydrogens (tertiary/aromatic N) is 2. The van der Waals surface area contributed by atoms with Gasteiger partial charge >= 0.3 is 6.03 Å². The minimum atomic E-state index is -0.0130. The number of nitrogens with one attached hydrogen (secondary N) is 1. The molecule has 24 heavy (non-hydrogen) atoms. The number of carbonyl (C=O) groups is 1. The van der Waals surface area contributed by atoms with Gasteiger partial charge < -0.3 is 19.9 Å². The quantitative estimate of drug-likeness (QED) is 0.902. The zero-order valence-corrected chi connectivity index (χ0v) is 14.8. The number of carbonyl (C=O) groups excluding carboxylic acids is 1. The van der Waals surface area contributed by atoms with Crippen molar-refractivity contribution in [1.29, 1.82) is 0 Å². The maximum Gasteiger partial charge on any atom is 0.317 e. The summed E-state index contributed by atoms with van der Waals surface area (Å²) in [6.07, 6.45) is 3.59. The van der Waals surface area contributed by atoms with Crippen LogP contribution in [-0.2, 0) is 4.74 Å². The molecule has 2 aliphatic rings. The van der Waals surface area contributed by atoms with Crippen LogP contribution in [-0.4, -0.2) is 50.8 Å². The van der Waals surface area contributed by atoms with Gasteiger partial charge in [-0.25, -0.2) is 4.79 Å². The van der Waals surface area contributed by atoms with E-state index in [0.29, 0.717) is 5.92 Å². The van der Waals surface area contributed by atoms with Crippen LogP contribution in [0.5, 0.6) is 0 Å². The van der Waals surface area contributed by atoms with Gasteiger partial charge in [0.2, 0.25) is 0 Å². The van der Waals surface area contributed by atoms with Crippen LogP contribution in [0.2, 0.25) is 0 Å². The summed E-state index contributed by atoms with van der Waals surface area (Å²) in [5.74, 6) is 0.467. The predicted molar refractivity (Wildman–Crippen MR) is 96.4 cm³/mol. The molecule has 2 saturated heterocycles. The lowest BCUT2D eigenvalue weighted by Crippen LogP contribution is -2.41. The van der Waals surface area contributed by atoms with E-state index in [1.165, 1.54) is 18.5 Å². The minimum absolute atomic E-state index is 0.00216. The van der Waals surface area contributed by atoms with Crippen LogP contribution in [0.15, 0.2) is 24.3 Å². The average molecular weight is 331 g/mol. The van der Waals surface area contributed by atoms with Crippen molar-refractivity contribution in [2.45, 2.75) is 32.2 Å². The second-order valence-electron chi connectivity index (χ2n) is 7.07. The summed E-state index contributed by atoms with van der Waals surface area (Å²) in [7, 11) is 1.86. The van der Waals surface area contributed by atoms with E-state index in [1.807, 2.05) is 14.0 Å². The Bertz CT molecular complexity index is 551. The summed E-state index contributed by atoms with van der Waals surface area (Å²) in [4.78, 5) is 16.6. The highest BCUT2D eigenvalue weighted by Crippen LogP contribution is 2.24. The number of ether oxygens (including phenoxy) is 1. The van der Waals surface area contributed by atoms with Crippen LogP contribution in [0, 0.1) is 5.92 Å². The molecule has 2 heterocycles. The van der Waals surface area contributed by atoms with Gasteiger partial charge in [0, 0.05) is 44.9 Å². The van der Waals surface area contributed by atoms with Crippen LogP contribution in [0.4, 0.5) is 10.5 Å². The Kier molecular flexibility index (Phi) is 5.61. The Balaban J connectivity index is 1.56. The molecule has 2 amide bonds. The van der Waals surface area contributed by atoms with Gasteiger partial charge in [0.05, 0.1) is 12.6 Å². The Hall–Kier alpha value is -1.75. The number of rotatable bonds is 5. The van der Waals surface area contributed by atoms with E-state index >= 15 is 0 Å². The number of hydrogen-bond acceptors (Lipinski definition) is 3. The fourth-order valence-electron chi connectivity index (χ4n) is 3.54. The lowest BCUT2D eigenvalue weighted by atomic mass is 10.1. The van der Waals surface area contributed by atoms with Gasteiger partial charge in [-0.15, -0.1) is 0 Å². The molecule has 0 saturated carbocycles.